The summed E-state index contributed by atoms with van der Waals surface area (Å²) in [6.07, 6.45) is 2.31. The van der Waals surface area contributed by atoms with E-state index in [1.165, 1.54) is 0 Å². The van der Waals surface area contributed by atoms with E-state index >= 15 is 0 Å². The molecule has 1 aromatic carbocycles. The number of rotatable bonds is 4. The maximum atomic E-state index is 9.10. The van der Waals surface area contributed by atoms with Gasteiger partial charge in [-0.05, 0) is 31.0 Å². The Bertz CT molecular complexity index is 424. The fourth-order valence-corrected chi connectivity index (χ4v) is 2.20. The van der Waals surface area contributed by atoms with Gasteiger partial charge in [0.2, 0.25) is 0 Å². The number of aliphatic hydroxyl groups excluding tert-OH is 1. The van der Waals surface area contributed by atoms with Gasteiger partial charge in [0.15, 0.2) is 0 Å². The standard InChI is InChI=1S/C12H13BrN2O/c13-10-1-4-12(9(7-10)8-14)15(5-6-16)11-2-3-11/h1,4,7,11,16H,2-3,5-6H2. The van der Waals surface area contributed by atoms with Crippen molar-refractivity contribution in [2.24, 2.45) is 0 Å². The Hall–Kier alpha value is -1.05. The summed E-state index contributed by atoms with van der Waals surface area (Å²) in [5.41, 5.74) is 1.59. The minimum atomic E-state index is 0.122. The summed E-state index contributed by atoms with van der Waals surface area (Å²) in [5, 5.41) is 18.2. The molecule has 1 aliphatic carbocycles. The second-order valence-electron chi connectivity index (χ2n) is 3.92. The number of hydrogen-bond donors (Lipinski definition) is 1. The third-order valence-electron chi connectivity index (χ3n) is 2.72. The Morgan fingerprint density at radius 1 is 1.50 bits per heavy atom. The molecule has 1 saturated carbocycles. The summed E-state index contributed by atoms with van der Waals surface area (Å²) in [5.74, 6) is 0. The molecule has 0 spiro atoms. The Morgan fingerprint density at radius 2 is 2.25 bits per heavy atom. The van der Waals surface area contributed by atoms with Gasteiger partial charge in [-0.3, -0.25) is 0 Å². The number of nitriles is 1. The molecule has 0 aromatic heterocycles. The molecular formula is C12H13BrN2O. The zero-order valence-corrected chi connectivity index (χ0v) is 10.4. The quantitative estimate of drug-likeness (QED) is 0.921. The highest BCUT2D eigenvalue weighted by molar-refractivity contribution is 9.10. The first-order valence-corrected chi connectivity index (χ1v) is 6.12. The number of halogens is 1. The summed E-state index contributed by atoms with van der Waals surface area (Å²) in [4.78, 5) is 2.13. The first-order valence-electron chi connectivity index (χ1n) is 5.33. The smallest absolute Gasteiger partial charge is 0.101 e. The largest absolute Gasteiger partial charge is 0.395 e. The number of aliphatic hydroxyl groups is 1. The molecule has 4 heteroatoms. The maximum Gasteiger partial charge on any atom is 0.101 e. The van der Waals surface area contributed by atoms with Crippen molar-refractivity contribution in [1.29, 1.82) is 5.26 Å². The van der Waals surface area contributed by atoms with E-state index in [1.54, 1.807) is 0 Å². The van der Waals surface area contributed by atoms with Crippen molar-refractivity contribution in [2.45, 2.75) is 18.9 Å². The van der Waals surface area contributed by atoms with Crippen LogP contribution in [0.3, 0.4) is 0 Å². The van der Waals surface area contributed by atoms with Crippen molar-refractivity contribution >= 4 is 21.6 Å². The zero-order valence-electron chi connectivity index (χ0n) is 8.86. The van der Waals surface area contributed by atoms with Gasteiger partial charge in [-0.1, -0.05) is 15.9 Å². The van der Waals surface area contributed by atoms with Crippen molar-refractivity contribution in [2.75, 3.05) is 18.1 Å². The van der Waals surface area contributed by atoms with E-state index in [4.69, 9.17) is 10.4 Å². The van der Waals surface area contributed by atoms with Crippen LogP contribution in [0.5, 0.6) is 0 Å². The van der Waals surface area contributed by atoms with Crippen molar-refractivity contribution in [3.8, 4) is 6.07 Å². The molecule has 0 atom stereocenters. The second kappa shape index (κ2) is 4.86. The van der Waals surface area contributed by atoms with E-state index < -0.39 is 0 Å². The van der Waals surface area contributed by atoms with E-state index in [2.05, 4.69) is 26.9 Å². The van der Waals surface area contributed by atoms with Crippen molar-refractivity contribution in [3.05, 3.63) is 28.2 Å². The van der Waals surface area contributed by atoms with Crippen LogP contribution in [-0.2, 0) is 0 Å². The first-order chi connectivity index (χ1) is 7.76. The van der Waals surface area contributed by atoms with Gasteiger partial charge in [-0.2, -0.15) is 5.26 Å². The number of hydrogen-bond acceptors (Lipinski definition) is 3. The van der Waals surface area contributed by atoms with Crippen molar-refractivity contribution in [3.63, 3.8) is 0 Å². The van der Waals surface area contributed by atoms with Gasteiger partial charge >= 0.3 is 0 Å². The normalized spacial score (nSPS) is 14.6. The topological polar surface area (TPSA) is 47.3 Å². The van der Waals surface area contributed by atoms with Crippen LogP contribution >= 0.6 is 15.9 Å². The van der Waals surface area contributed by atoms with Crippen LogP contribution in [0, 0.1) is 11.3 Å². The van der Waals surface area contributed by atoms with Gasteiger partial charge in [0.25, 0.3) is 0 Å². The molecule has 0 amide bonds. The van der Waals surface area contributed by atoms with Gasteiger partial charge in [-0.15, -0.1) is 0 Å². The van der Waals surface area contributed by atoms with E-state index in [0.717, 1.165) is 23.0 Å². The fourth-order valence-electron chi connectivity index (χ4n) is 1.84. The van der Waals surface area contributed by atoms with Gasteiger partial charge < -0.3 is 10.0 Å². The van der Waals surface area contributed by atoms with Gasteiger partial charge in [0, 0.05) is 17.1 Å². The molecule has 0 bridgehead atoms. The second-order valence-corrected chi connectivity index (χ2v) is 4.84. The molecule has 0 heterocycles. The van der Waals surface area contributed by atoms with Crippen LogP contribution in [-0.4, -0.2) is 24.3 Å². The SMILES string of the molecule is N#Cc1cc(Br)ccc1N(CCO)C1CC1. The minimum Gasteiger partial charge on any atom is -0.395 e. The van der Waals surface area contributed by atoms with E-state index in [0.29, 0.717) is 18.2 Å². The molecular weight excluding hydrogens is 268 g/mol. The van der Waals surface area contributed by atoms with Gasteiger partial charge in [0.05, 0.1) is 17.9 Å². The summed E-state index contributed by atoms with van der Waals surface area (Å²) in [7, 11) is 0. The lowest BCUT2D eigenvalue weighted by Gasteiger charge is -2.24. The molecule has 3 nitrogen and oxygen atoms in total. The summed E-state index contributed by atoms with van der Waals surface area (Å²) >= 11 is 3.36. The molecule has 1 fully saturated rings. The zero-order chi connectivity index (χ0) is 11.5. The molecule has 0 saturated heterocycles. The molecule has 0 aliphatic heterocycles. The average molecular weight is 281 g/mol. The summed E-state index contributed by atoms with van der Waals surface area (Å²) in [6.45, 7) is 0.721. The Morgan fingerprint density at radius 3 is 2.81 bits per heavy atom. The predicted molar refractivity (Wildman–Crippen MR) is 66.3 cm³/mol. The first kappa shape index (κ1) is 11.4. The highest BCUT2D eigenvalue weighted by atomic mass is 79.9. The lowest BCUT2D eigenvalue weighted by molar-refractivity contribution is 0.301. The summed E-state index contributed by atoms with van der Waals surface area (Å²) in [6, 6.07) is 8.40. The fraction of sp³-hybridized carbons (Fsp3) is 0.417. The summed E-state index contributed by atoms with van der Waals surface area (Å²) < 4.78 is 0.910. The predicted octanol–water partition coefficient (Wildman–Crippen LogP) is 2.28. The number of benzene rings is 1. The maximum absolute atomic E-state index is 9.10. The lowest BCUT2D eigenvalue weighted by atomic mass is 10.1. The Balaban J connectivity index is 2.33. The van der Waals surface area contributed by atoms with Crippen LogP contribution in [0.25, 0.3) is 0 Å². The average Bonchev–Trinajstić information content (AvgIpc) is 3.10. The molecule has 1 aromatic rings. The lowest BCUT2D eigenvalue weighted by Crippen LogP contribution is -2.29. The molecule has 0 radical (unpaired) electrons. The van der Waals surface area contributed by atoms with Crippen LogP contribution in [0.2, 0.25) is 0 Å². The van der Waals surface area contributed by atoms with Crippen LogP contribution in [0.4, 0.5) is 5.69 Å². The number of nitrogens with zero attached hydrogens (tertiary/aromatic N) is 2. The van der Waals surface area contributed by atoms with Crippen molar-refractivity contribution < 1.29 is 5.11 Å². The highest BCUT2D eigenvalue weighted by Gasteiger charge is 2.30. The van der Waals surface area contributed by atoms with Gasteiger partial charge in [-0.25, -0.2) is 0 Å². The third kappa shape index (κ3) is 2.37. The van der Waals surface area contributed by atoms with E-state index in [-0.39, 0.29) is 6.61 Å². The van der Waals surface area contributed by atoms with E-state index in [9.17, 15) is 0 Å². The Labute approximate surface area is 103 Å². The van der Waals surface area contributed by atoms with Crippen LogP contribution in [0.15, 0.2) is 22.7 Å². The molecule has 2 rings (SSSR count). The molecule has 16 heavy (non-hydrogen) atoms. The molecule has 84 valence electrons. The highest BCUT2D eigenvalue weighted by Crippen LogP contribution is 2.34. The van der Waals surface area contributed by atoms with Crippen LogP contribution < -0.4 is 4.90 Å². The third-order valence-corrected chi connectivity index (χ3v) is 3.21. The molecule has 1 N–H and O–H groups in total. The molecule has 1 aliphatic rings. The minimum absolute atomic E-state index is 0.122. The van der Waals surface area contributed by atoms with Gasteiger partial charge in [0.1, 0.15) is 6.07 Å². The van der Waals surface area contributed by atoms with E-state index in [1.807, 2.05) is 18.2 Å². The Kier molecular flexibility index (Phi) is 3.47. The molecule has 0 unspecified atom stereocenters. The monoisotopic (exact) mass is 280 g/mol. The van der Waals surface area contributed by atoms with Crippen LogP contribution in [0.1, 0.15) is 18.4 Å². The van der Waals surface area contributed by atoms with Crippen molar-refractivity contribution in [1.82, 2.24) is 0 Å². The number of anilines is 1.